The number of anilines is 2. The highest BCUT2D eigenvalue weighted by Crippen LogP contribution is 2.26. The van der Waals surface area contributed by atoms with Gasteiger partial charge in [0.05, 0.1) is 27.5 Å². The molecule has 1 fully saturated rings. The van der Waals surface area contributed by atoms with Crippen LogP contribution in [0.25, 0.3) is 0 Å². The Morgan fingerprint density at radius 3 is 2.62 bits per heavy atom. The number of hydrogen-bond donors (Lipinski definition) is 4. The second-order valence-electron chi connectivity index (χ2n) is 8.59. The molecule has 1 aromatic heterocycles. The summed E-state index contributed by atoms with van der Waals surface area (Å²) < 4.78 is 0. The van der Waals surface area contributed by atoms with Gasteiger partial charge in [-0.15, -0.1) is 0 Å². The number of carbonyl (C=O) groups is 3. The number of aromatic nitrogens is 2. The molecule has 3 amide bonds. The molecule has 0 saturated carbocycles. The van der Waals surface area contributed by atoms with Gasteiger partial charge in [-0.3, -0.25) is 24.4 Å². The fourth-order valence-electron chi connectivity index (χ4n) is 4.15. The molecule has 1 saturated heterocycles. The quantitative estimate of drug-likeness (QED) is 0.314. The second kappa shape index (κ2) is 12.1. The Balaban J connectivity index is 1.33. The van der Waals surface area contributed by atoms with Gasteiger partial charge in [-0.1, -0.05) is 47.5 Å². The first-order chi connectivity index (χ1) is 17.8. The van der Waals surface area contributed by atoms with E-state index in [-0.39, 0.29) is 44.8 Å². The first-order valence-corrected chi connectivity index (χ1v) is 12.4. The van der Waals surface area contributed by atoms with Gasteiger partial charge in [-0.05, 0) is 49.2 Å². The summed E-state index contributed by atoms with van der Waals surface area (Å²) in [6.07, 6.45) is 5.30. The number of carbonyl (C=O) groups excluding carboxylic acids is 3. The van der Waals surface area contributed by atoms with E-state index in [9.17, 15) is 14.4 Å². The van der Waals surface area contributed by atoms with Crippen molar-refractivity contribution in [2.45, 2.75) is 25.9 Å². The number of allylic oxidation sites excluding steroid dienone is 1. The van der Waals surface area contributed by atoms with E-state index in [1.807, 2.05) is 24.3 Å². The highest BCUT2D eigenvalue weighted by molar-refractivity contribution is 6.40. The van der Waals surface area contributed by atoms with Gasteiger partial charge in [0.2, 0.25) is 5.91 Å². The number of likely N-dealkylation sites (tertiary alicyclic amines) is 1. The zero-order valence-corrected chi connectivity index (χ0v) is 21.6. The predicted octanol–water partition coefficient (Wildman–Crippen LogP) is 4.49. The van der Waals surface area contributed by atoms with Crippen molar-refractivity contribution >= 4 is 52.3 Å². The largest absolute Gasteiger partial charge is 0.347 e. The molecule has 0 bridgehead atoms. The summed E-state index contributed by atoms with van der Waals surface area (Å²) in [5.41, 5.74) is 2.28. The van der Waals surface area contributed by atoms with Crippen LogP contribution >= 0.6 is 23.2 Å². The molecule has 9 nitrogen and oxygen atoms in total. The number of rotatable bonds is 8. The smallest absolute Gasteiger partial charge is 0.271 e. The Hall–Kier alpha value is -3.66. The Labute approximate surface area is 224 Å². The molecule has 3 aromatic rings. The van der Waals surface area contributed by atoms with Crippen LogP contribution in [0.15, 0.2) is 60.8 Å². The van der Waals surface area contributed by atoms with Crippen LogP contribution in [-0.2, 0) is 11.3 Å². The van der Waals surface area contributed by atoms with Crippen LogP contribution in [-0.4, -0.2) is 52.0 Å². The number of halogens is 2. The van der Waals surface area contributed by atoms with Crippen molar-refractivity contribution in [1.82, 2.24) is 20.4 Å². The number of nitrogens with one attached hydrogen (secondary N) is 4. The number of benzene rings is 2. The molecule has 0 unspecified atom stereocenters. The van der Waals surface area contributed by atoms with Crippen LogP contribution in [0, 0.1) is 0 Å². The summed E-state index contributed by atoms with van der Waals surface area (Å²) in [6.45, 7) is 3.94. The minimum absolute atomic E-state index is 0.0741. The van der Waals surface area contributed by atoms with Crippen molar-refractivity contribution in [3.8, 4) is 0 Å². The molecule has 1 atom stereocenters. The van der Waals surface area contributed by atoms with E-state index in [1.165, 1.54) is 12.3 Å². The molecule has 0 aliphatic carbocycles. The van der Waals surface area contributed by atoms with Gasteiger partial charge >= 0.3 is 0 Å². The van der Waals surface area contributed by atoms with Gasteiger partial charge in [0.1, 0.15) is 5.69 Å². The van der Waals surface area contributed by atoms with E-state index < -0.39 is 5.91 Å². The van der Waals surface area contributed by atoms with Crippen molar-refractivity contribution in [2.75, 3.05) is 23.7 Å². The lowest BCUT2D eigenvalue weighted by molar-refractivity contribution is -0.111. The van der Waals surface area contributed by atoms with Gasteiger partial charge in [-0.2, -0.15) is 5.10 Å². The van der Waals surface area contributed by atoms with Crippen LogP contribution in [0.2, 0.25) is 10.0 Å². The Bertz CT molecular complexity index is 1320. The Morgan fingerprint density at radius 1 is 1.11 bits per heavy atom. The molecule has 4 rings (SSSR count). The minimum atomic E-state index is -0.540. The van der Waals surface area contributed by atoms with Crippen LogP contribution in [0.4, 0.5) is 11.4 Å². The summed E-state index contributed by atoms with van der Waals surface area (Å²) in [4.78, 5) is 39.7. The third kappa shape index (κ3) is 6.76. The zero-order chi connectivity index (χ0) is 26.4. The normalized spacial score (nSPS) is 15.6. The average Bonchev–Trinajstić information content (AvgIpc) is 3.48. The minimum Gasteiger partial charge on any atom is -0.347 e. The molecular weight excluding hydrogens is 515 g/mol. The lowest BCUT2D eigenvalue weighted by Crippen LogP contribution is -2.37. The molecular formula is C26H26Cl2N6O3. The van der Waals surface area contributed by atoms with Gasteiger partial charge in [0.25, 0.3) is 11.8 Å². The molecule has 37 heavy (non-hydrogen) atoms. The predicted molar refractivity (Wildman–Crippen MR) is 144 cm³/mol. The first-order valence-electron chi connectivity index (χ1n) is 11.7. The van der Waals surface area contributed by atoms with Crippen LogP contribution in [0.1, 0.15) is 39.8 Å². The zero-order valence-electron chi connectivity index (χ0n) is 20.1. The van der Waals surface area contributed by atoms with E-state index in [1.54, 1.807) is 31.2 Å². The van der Waals surface area contributed by atoms with Crippen LogP contribution < -0.4 is 16.0 Å². The van der Waals surface area contributed by atoms with E-state index in [2.05, 4.69) is 31.0 Å². The number of aromatic amines is 1. The Morgan fingerprint density at radius 2 is 1.86 bits per heavy atom. The lowest BCUT2D eigenvalue weighted by Gasteiger charge is -2.17. The fourth-order valence-corrected chi connectivity index (χ4v) is 4.72. The van der Waals surface area contributed by atoms with Crippen molar-refractivity contribution in [3.05, 3.63) is 87.7 Å². The van der Waals surface area contributed by atoms with Crippen molar-refractivity contribution in [1.29, 1.82) is 0 Å². The standard InChI is InChI=1S/C26H26Cl2N6O3/c1-2-5-22(35)30-17-7-3-6-16(12-17)14-34-11-10-18(15-34)31-26(37)24-21(13-29-33-24)32-25(36)23-19(27)8-4-9-20(23)28/h2-9,12-13,18H,10-11,14-15H2,1H3,(H,29,33)(H,30,35)(H,31,37)(H,32,36)/b5-2+/t18-/m1/s1. The molecule has 0 spiro atoms. The van der Waals surface area contributed by atoms with Gasteiger partial charge in [0, 0.05) is 31.4 Å². The molecule has 192 valence electrons. The van der Waals surface area contributed by atoms with E-state index in [0.717, 1.165) is 24.2 Å². The molecule has 0 radical (unpaired) electrons. The van der Waals surface area contributed by atoms with Crippen molar-refractivity contribution < 1.29 is 14.4 Å². The maximum absolute atomic E-state index is 13.0. The Kier molecular flexibility index (Phi) is 8.60. The average molecular weight is 541 g/mol. The van der Waals surface area contributed by atoms with E-state index >= 15 is 0 Å². The molecule has 2 heterocycles. The third-order valence-electron chi connectivity index (χ3n) is 5.83. The van der Waals surface area contributed by atoms with Gasteiger partial charge in [-0.25, -0.2) is 0 Å². The topological polar surface area (TPSA) is 119 Å². The van der Waals surface area contributed by atoms with Crippen LogP contribution in [0.5, 0.6) is 0 Å². The molecule has 4 N–H and O–H groups in total. The molecule has 1 aliphatic heterocycles. The van der Waals surface area contributed by atoms with Crippen molar-refractivity contribution in [3.63, 3.8) is 0 Å². The highest BCUT2D eigenvalue weighted by atomic mass is 35.5. The number of nitrogens with zero attached hydrogens (tertiary/aromatic N) is 2. The number of amides is 3. The lowest BCUT2D eigenvalue weighted by atomic mass is 10.2. The number of hydrogen-bond acceptors (Lipinski definition) is 5. The van der Waals surface area contributed by atoms with Gasteiger partial charge in [0.15, 0.2) is 0 Å². The maximum Gasteiger partial charge on any atom is 0.271 e. The summed E-state index contributed by atoms with van der Waals surface area (Å²) in [5.74, 6) is -1.09. The summed E-state index contributed by atoms with van der Waals surface area (Å²) in [5, 5.41) is 15.5. The monoisotopic (exact) mass is 540 g/mol. The van der Waals surface area contributed by atoms with Gasteiger partial charge < -0.3 is 16.0 Å². The molecule has 11 heteroatoms. The van der Waals surface area contributed by atoms with Crippen LogP contribution in [0.3, 0.4) is 0 Å². The molecule has 1 aliphatic rings. The van der Waals surface area contributed by atoms with Crippen molar-refractivity contribution in [2.24, 2.45) is 0 Å². The van der Waals surface area contributed by atoms with E-state index in [4.69, 9.17) is 23.2 Å². The van der Waals surface area contributed by atoms with E-state index in [0.29, 0.717) is 13.1 Å². The molecule has 2 aromatic carbocycles. The first kappa shape index (κ1) is 26.4. The third-order valence-corrected chi connectivity index (χ3v) is 6.46. The SMILES string of the molecule is C/C=C/C(=O)Nc1cccc(CN2CC[C@@H](NC(=O)c3[nH]ncc3NC(=O)c3c(Cl)cccc3Cl)C2)c1. The summed E-state index contributed by atoms with van der Waals surface area (Å²) in [7, 11) is 0. The number of H-pyrrole nitrogens is 1. The maximum atomic E-state index is 13.0. The summed E-state index contributed by atoms with van der Waals surface area (Å²) in [6, 6.07) is 12.4. The summed E-state index contributed by atoms with van der Waals surface area (Å²) >= 11 is 12.2. The second-order valence-corrected chi connectivity index (χ2v) is 9.41. The highest BCUT2D eigenvalue weighted by Gasteiger charge is 2.26. The fraction of sp³-hybridized carbons (Fsp3) is 0.231.